The van der Waals surface area contributed by atoms with Gasteiger partial charge in [-0.1, -0.05) is 13.0 Å². The molecule has 2 unspecified atom stereocenters. The molecular formula is C11H17NS2. The maximum absolute atomic E-state index is 3.59. The van der Waals surface area contributed by atoms with Gasteiger partial charge in [-0.05, 0) is 36.1 Å². The van der Waals surface area contributed by atoms with E-state index in [1.54, 1.807) is 4.88 Å². The van der Waals surface area contributed by atoms with Gasteiger partial charge < -0.3 is 5.32 Å². The predicted octanol–water partition coefficient (Wildman–Crippen LogP) is 2.63. The summed E-state index contributed by atoms with van der Waals surface area (Å²) < 4.78 is 0. The highest BCUT2D eigenvalue weighted by Crippen LogP contribution is 2.28. The van der Waals surface area contributed by atoms with E-state index in [4.69, 9.17) is 0 Å². The Balaban J connectivity index is 1.90. The van der Waals surface area contributed by atoms with E-state index >= 15 is 0 Å². The van der Waals surface area contributed by atoms with E-state index in [-0.39, 0.29) is 0 Å². The molecule has 0 aromatic carbocycles. The Kier molecular flexibility index (Phi) is 3.90. The van der Waals surface area contributed by atoms with Crippen molar-refractivity contribution in [2.45, 2.75) is 19.4 Å². The van der Waals surface area contributed by atoms with Crippen molar-refractivity contribution in [2.24, 2.45) is 5.92 Å². The Morgan fingerprint density at radius 3 is 3.14 bits per heavy atom. The van der Waals surface area contributed by atoms with Crippen molar-refractivity contribution < 1.29 is 0 Å². The van der Waals surface area contributed by atoms with Crippen LogP contribution in [0.15, 0.2) is 17.5 Å². The largest absolute Gasteiger partial charge is 0.313 e. The number of hydrogen-bond acceptors (Lipinski definition) is 3. The quantitative estimate of drug-likeness (QED) is 0.848. The standard InChI is InChI=1S/C11H17NS2/c1-2-12-11-8-13-7-9(11)6-10-4-3-5-14-10/h3-5,9,11-12H,2,6-8H2,1H3. The third kappa shape index (κ3) is 2.53. The molecule has 1 saturated heterocycles. The van der Waals surface area contributed by atoms with E-state index in [1.165, 1.54) is 17.9 Å². The van der Waals surface area contributed by atoms with Crippen LogP contribution in [0.5, 0.6) is 0 Å². The second-order valence-electron chi connectivity index (χ2n) is 3.75. The van der Waals surface area contributed by atoms with Crippen molar-refractivity contribution >= 4 is 23.1 Å². The number of hydrogen-bond donors (Lipinski definition) is 1. The van der Waals surface area contributed by atoms with Crippen LogP contribution >= 0.6 is 23.1 Å². The zero-order valence-electron chi connectivity index (χ0n) is 8.53. The fraction of sp³-hybridized carbons (Fsp3) is 0.636. The fourth-order valence-corrected chi connectivity index (χ4v) is 4.21. The lowest BCUT2D eigenvalue weighted by molar-refractivity contribution is 0.436. The first-order chi connectivity index (χ1) is 6.90. The zero-order chi connectivity index (χ0) is 9.80. The van der Waals surface area contributed by atoms with Gasteiger partial charge in [0.15, 0.2) is 0 Å². The summed E-state index contributed by atoms with van der Waals surface area (Å²) in [5.74, 6) is 3.47. The lowest BCUT2D eigenvalue weighted by Crippen LogP contribution is -2.35. The molecule has 1 nitrogen and oxygen atoms in total. The monoisotopic (exact) mass is 227 g/mol. The minimum Gasteiger partial charge on any atom is -0.313 e. The van der Waals surface area contributed by atoms with Gasteiger partial charge in [-0.3, -0.25) is 0 Å². The first-order valence-corrected chi connectivity index (χ1v) is 7.27. The maximum Gasteiger partial charge on any atom is 0.0197 e. The van der Waals surface area contributed by atoms with E-state index in [2.05, 4.69) is 41.5 Å². The van der Waals surface area contributed by atoms with Gasteiger partial charge in [0.05, 0.1) is 0 Å². The third-order valence-corrected chi connectivity index (χ3v) is 4.87. The Hall–Kier alpha value is 0.01000. The predicted molar refractivity (Wildman–Crippen MR) is 66.3 cm³/mol. The van der Waals surface area contributed by atoms with Crippen molar-refractivity contribution in [1.82, 2.24) is 5.32 Å². The Morgan fingerprint density at radius 1 is 1.50 bits per heavy atom. The SMILES string of the molecule is CCNC1CSCC1Cc1cccs1. The molecule has 2 heterocycles. The summed E-state index contributed by atoms with van der Waals surface area (Å²) >= 11 is 3.99. The van der Waals surface area contributed by atoms with Crippen molar-refractivity contribution in [3.05, 3.63) is 22.4 Å². The molecule has 0 saturated carbocycles. The van der Waals surface area contributed by atoms with Crippen LogP contribution in [0.2, 0.25) is 0 Å². The van der Waals surface area contributed by atoms with Crippen LogP contribution in [0.4, 0.5) is 0 Å². The van der Waals surface area contributed by atoms with Crippen LogP contribution in [0, 0.1) is 5.92 Å². The van der Waals surface area contributed by atoms with Crippen molar-refractivity contribution in [2.75, 3.05) is 18.1 Å². The van der Waals surface area contributed by atoms with Crippen molar-refractivity contribution in [3.63, 3.8) is 0 Å². The molecule has 1 aliphatic heterocycles. The number of thiophene rings is 1. The Morgan fingerprint density at radius 2 is 2.43 bits per heavy atom. The molecule has 1 N–H and O–H groups in total. The molecule has 1 fully saturated rings. The minimum absolute atomic E-state index is 0.743. The van der Waals surface area contributed by atoms with Crippen LogP contribution in [-0.4, -0.2) is 24.1 Å². The summed E-state index contributed by atoms with van der Waals surface area (Å²) in [6, 6.07) is 5.16. The van der Waals surface area contributed by atoms with Crippen molar-refractivity contribution in [3.8, 4) is 0 Å². The van der Waals surface area contributed by atoms with Gasteiger partial charge in [-0.2, -0.15) is 11.8 Å². The lowest BCUT2D eigenvalue weighted by atomic mass is 9.99. The van der Waals surface area contributed by atoms with Gasteiger partial charge in [0.25, 0.3) is 0 Å². The molecule has 1 aromatic rings. The molecule has 0 radical (unpaired) electrons. The first-order valence-electron chi connectivity index (χ1n) is 5.23. The lowest BCUT2D eigenvalue weighted by Gasteiger charge is -2.18. The first kappa shape index (κ1) is 10.5. The van der Waals surface area contributed by atoms with Gasteiger partial charge >= 0.3 is 0 Å². The van der Waals surface area contributed by atoms with E-state index in [1.807, 2.05) is 11.3 Å². The van der Waals surface area contributed by atoms with Gasteiger partial charge in [0, 0.05) is 16.7 Å². The average Bonchev–Trinajstić information content (AvgIpc) is 2.80. The van der Waals surface area contributed by atoms with Crippen LogP contribution in [0.1, 0.15) is 11.8 Å². The maximum atomic E-state index is 3.59. The average molecular weight is 227 g/mol. The summed E-state index contributed by atoms with van der Waals surface area (Å²) in [6.07, 6.45) is 1.27. The number of thioether (sulfide) groups is 1. The molecule has 0 spiro atoms. The molecule has 14 heavy (non-hydrogen) atoms. The summed E-state index contributed by atoms with van der Waals surface area (Å²) in [6.45, 7) is 3.30. The molecule has 3 heteroatoms. The molecule has 78 valence electrons. The van der Waals surface area contributed by atoms with Gasteiger partial charge in [-0.25, -0.2) is 0 Å². The van der Waals surface area contributed by atoms with Crippen LogP contribution in [0.3, 0.4) is 0 Å². The van der Waals surface area contributed by atoms with Crippen LogP contribution in [-0.2, 0) is 6.42 Å². The molecular weight excluding hydrogens is 210 g/mol. The third-order valence-electron chi connectivity index (χ3n) is 2.71. The summed E-state index contributed by atoms with van der Waals surface area (Å²) in [5, 5.41) is 5.77. The zero-order valence-corrected chi connectivity index (χ0v) is 10.2. The molecule has 1 aromatic heterocycles. The highest BCUT2D eigenvalue weighted by molar-refractivity contribution is 7.99. The highest BCUT2D eigenvalue weighted by atomic mass is 32.2. The summed E-state index contributed by atoms with van der Waals surface area (Å²) in [4.78, 5) is 1.54. The molecule has 2 atom stereocenters. The van der Waals surface area contributed by atoms with Crippen LogP contribution in [0.25, 0.3) is 0 Å². The molecule has 1 aliphatic rings. The van der Waals surface area contributed by atoms with Crippen molar-refractivity contribution in [1.29, 1.82) is 0 Å². The fourth-order valence-electron chi connectivity index (χ4n) is 1.97. The van der Waals surface area contributed by atoms with Gasteiger partial charge in [0.2, 0.25) is 0 Å². The van der Waals surface area contributed by atoms with Gasteiger partial charge in [0.1, 0.15) is 0 Å². The van der Waals surface area contributed by atoms with Crippen LogP contribution < -0.4 is 5.32 Å². The molecule has 0 aliphatic carbocycles. The molecule has 0 amide bonds. The van der Waals surface area contributed by atoms with E-state index in [0.717, 1.165) is 18.5 Å². The Bertz CT molecular complexity index is 258. The second kappa shape index (κ2) is 5.19. The normalized spacial score (nSPS) is 26.9. The van der Waals surface area contributed by atoms with E-state index < -0.39 is 0 Å². The molecule has 0 bridgehead atoms. The number of nitrogens with one attached hydrogen (secondary N) is 1. The molecule has 2 rings (SSSR count). The van der Waals surface area contributed by atoms with E-state index in [0.29, 0.717) is 0 Å². The Labute approximate surface area is 94.3 Å². The highest BCUT2D eigenvalue weighted by Gasteiger charge is 2.27. The summed E-state index contributed by atoms with van der Waals surface area (Å²) in [7, 11) is 0. The minimum atomic E-state index is 0.743. The van der Waals surface area contributed by atoms with E-state index in [9.17, 15) is 0 Å². The second-order valence-corrected chi connectivity index (χ2v) is 5.85. The smallest absolute Gasteiger partial charge is 0.0197 e. The van der Waals surface area contributed by atoms with Gasteiger partial charge in [-0.15, -0.1) is 11.3 Å². The topological polar surface area (TPSA) is 12.0 Å². The summed E-state index contributed by atoms with van der Waals surface area (Å²) in [5.41, 5.74) is 0. The number of rotatable bonds is 4.